The van der Waals surface area contributed by atoms with E-state index in [4.69, 9.17) is 11.6 Å². The van der Waals surface area contributed by atoms with Crippen LogP contribution in [0.3, 0.4) is 0 Å². The molecule has 1 aromatic heterocycles. The molecule has 5 nitrogen and oxygen atoms in total. The van der Waals surface area contributed by atoms with E-state index in [1.165, 1.54) is 16.8 Å². The lowest BCUT2D eigenvalue weighted by molar-refractivity contribution is -0.137. The predicted molar refractivity (Wildman–Crippen MR) is 98.6 cm³/mol. The molecular formula is C19H14ClF3N4O. The van der Waals surface area contributed by atoms with Gasteiger partial charge in [0.1, 0.15) is 11.3 Å². The second-order valence-electron chi connectivity index (χ2n) is 6.35. The van der Waals surface area contributed by atoms with E-state index in [-0.39, 0.29) is 16.7 Å². The molecule has 1 aliphatic heterocycles. The number of anilines is 1. The molecule has 0 bridgehead atoms. The molecule has 0 saturated carbocycles. The first kappa shape index (κ1) is 18.4. The summed E-state index contributed by atoms with van der Waals surface area (Å²) in [6, 6.07) is 11.7. The average Bonchev–Trinajstić information content (AvgIpc) is 2.95. The molecule has 0 saturated heterocycles. The zero-order valence-electron chi connectivity index (χ0n) is 14.5. The van der Waals surface area contributed by atoms with Crippen molar-refractivity contribution in [3.8, 4) is 5.69 Å². The molecule has 3 aromatic rings. The molecule has 2 N–H and O–H groups in total. The lowest BCUT2D eigenvalue weighted by Gasteiger charge is -2.27. The second kappa shape index (κ2) is 6.56. The fourth-order valence-electron chi connectivity index (χ4n) is 3.18. The van der Waals surface area contributed by atoms with E-state index in [9.17, 15) is 18.0 Å². The molecule has 1 atom stereocenters. The number of nitrogens with zero attached hydrogens (tertiary/aromatic N) is 2. The average molecular weight is 407 g/mol. The van der Waals surface area contributed by atoms with E-state index in [2.05, 4.69) is 15.7 Å². The van der Waals surface area contributed by atoms with Gasteiger partial charge >= 0.3 is 6.18 Å². The largest absolute Gasteiger partial charge is 0.416 e. The van der Waals surface area contributed by atoms with Crippen LogP contribution in [0.15, 0.2) is 48.5 Å². The fourth-order valence-corrected chi connectivity index (χ4v) is 3.56. The first-order valence-corrected chi connectivity index (χ1v) is 8.72. The summed E-state index contributed by atoms with van der Waals surface area (Å²) in [6.45, 7) is 1.68. The third-order valence-electron chi connectivity index (χ3n) is 4.50. The van der Waals surface area contributed by atoms with Crippen molar-refractivity contribution in [2.45, 2.75) is 19.3 Å². The highest BCUT2D eigenvalue weighted by Gasteiger charge is 2.32. The van der Waals surface area contributed by atoms with Crippen LogP contribution in [0.5, 0.6) is 0 Å². The van der Waals surface area contributed by atoms with Crippen molar-refractivity contribution in [3.63, 3.8) is 0 Å². The number of aromatic nitrogens is 2. The molecule has 144 valence electrons. The Hall–Kier alpha value is -3.00. The molecule has 0 spiro atoms. The first-order valence-electron chi connectivity index (χ1n) is 8.35. The van der Waals surface area contributed by atoms with Crippen molar-refractivity contribution in [1.29, 1.82) is 0 Å². The molecule has 0 fully saturated rings. The maximum absolute atomic E-state index is 13.0. The smallest absolute Gasteiger partial charge is 0.361 e. The number of hydrogen-bond donors (Lipinski definition) is 2. The lowest BCUT2D eigenvalue weighted by Crippen LogP contribution is -2.38. The normalized spacial score (nSPS) is 16.3. The zero-order chi connectivity index (χ0) is 20.1. The first-order chi connectivity index (χ1) is 13.3. The van der Waals surface area contributed by atoms with Crippen LogP contribution in [-0.2, 0) is 6.18 Å². The Kier molecular flexibility index (Phi) is 4.30. The number of aryl methyl sites for hydroxylation is 1. The third kappa shape index (κ3) is 3.09. The number of carbonyl (C=O) groups is 1. The summed E-state index contributed by atoms with van der Waals surface area (Å²) < 4.78 is 40.3. The van der Waals surface area contributed by atoms with Crippen LogP contribution in [-0.4, -0.2) is 15.7 Å². The Labute approximate surface area is 163 Å². The van der Waals surface area contributed by atoms with Gasteiger partial charge in [-0.2, -0.15) is 18.3 Å². The van der Waals surface area contributed by atoms with Crippen molar-refractivity contribution in [3.05, 3.63) is 76.1 Å². The standard InChI is InChI=1S/C19H14ClF3N4O/c1-10-15(17-24-14-8-3-2-7-13(14)18(28)25-17)16(20)27(26-10)12-6-4-5-11(9-12)19(21,22)23/h2-9,17,24H,1H3,(H,25,28)/t17-/m0/s1. The highest BCUT2D eigenvalue weighted by Crippen LogP contribution is 2.35. The third-order valence-corrected chi connectivity index (χ3v) is 4.87. The Morgan fingerprint density at radius 3 is 2.61 bits per heavy atom. The predicted octanol–water partition coefficient (Wildman–Crippen LogP) is 4.71. The van der Waals surface area contributed by atoms with Crippen molar-refractivity contribution < 1.29 is 18.0 Å². The molecule has 2 aromatic carbocycles. The zero-order valence-corrected chi connectivity index (χ0v) is 15.3. The van der Waals surface area contributed by atoms with Gasteiger partial charge in [0.05, 0.1) is 28.1 Å². The molecule has 2 heterocycles. The number of halogens is 4. The van der Waals surface area contributed by atoms with E-state index in [0.29, 0.717) is 22.5 Å². The summed E-state index contributed by atoms with van der Waals surface area (Å²) in [5.41, 5.74) is 1.49. The maximum atomic E-state index is 13.0. The highest BCUT2D eigenvalue weighted by atomic mass is 35.5. The van der Waals surface area contributed by atoms with E-state index in [0.717, 1.165) is 12.1 Å². The van der Waals surface area contributed by atoms with Gasteiger partial charge in [0, 0.05) is 5.69 Å². The highest BCUT2D eigenvalue weighted by molar-refractivity contribution is 6.30. The van der Waals surface area contributed by atoms with Crippen LogP contribution < -0.4 is 10.6 Å². The summed E-state index contributed by atoms with van der Waals surface area (Å²) in [5, 5.41) is 10.4. The summed E-state index contributed by atoms with van der Waals surface area (Å²) in [4.78, 5) is 12.4. The number of amides is 1. The molecule has 4 rings (SSSR count). The van der Waals surface area contributed by atoms with Crippen LogP contribution >= 0.6 is 11.6 Å². The number of fused-ring (bicyclic) bond motifs is 1. The van der Waals surface area contributed by atoms with Crippen LogP contribution in [0, 0.1) is 6.92 Å². The minimum absolute atomic E-state index is 0.119. The van der Waals surface area contributed by atoms with Gasteiger partial charge in [-0.05, 0) is 37.3 Å². The van der Waals surface area contributed by atoms with Gasteiger partial charge in [0.25, 0.3) is 5.91 Å². The molecular weight excluding hydrogens is 393 g/mol. The molecule has 0 aliphatic carbocycles. The number of hydrogen-bond acceptors (Lipinski definition) is 3. The van der Waals surface area contributed by atoms with Crippen molar-refractivity contribution in [1.82, 2.24) is 15.1 Å². The lowest BCUT2D eigenvalue weighted by atomic mass is 10.1. The number of rotatable bonds is 2. The SMILES string of the molecule is Cc1nn(-c2cccc(C(F)(F)F)c2)c(Cl)c1[C@@H]1NC(=O)c2ccccc2N1. The Bertz CT molecular complexity index is 1080. The van der Waals surface area contributed by atoms with Crippen molar-refractivity contribution in [2.24, 2.45) is 0 Å². The molecule has 1 amide bonds. The molecule has 0 radical (unpaired) electrons. The topological polar surface area (TPSA) is 59.0 Å². The maximum Gasteiger partial charge on any atom is 0.416 e. The van der Waals surface area contributed by atoms with Gasteiger partial charge < -0.3 is 10.6 Å². The Balaban J connectivity index is 1.75. The van der Waals surface area contributed by atoms with E-state index >= 15 is 0 Å². The Morgan fingerprint density at radius 2 is 1.86 bits per heavy atom. The van der Waals surface area contributed by atoms with Crippen LogP contribution in [0.1, 0.15) is 33.3 Å². The summed E-state index contributed by atoms with van der Waals surface area (Å²) >= 11 is 6.47. The number of alkyl halides is 3. The molecule has 0 unspecified atom stereocenters. The van der Waals surface area contributed by atoms with Gasteiger partial charge in [0.15, 0.2) is 0 Å². The summed E-state index contributed by atoms with van der Waals surface area (Å²) in [7, 11) is 0. The molecule has 9 heteroatoms. The quantitative estimate of drug-likeness (QED) is 0.648. The summed E-state index contributed by atoms with van der Waals surface area (Å²) in [6.07, 6.45) is -5.13. The van der Waals surface area contributed by atoms with Crippen LogP contribution in [0.2, 0.25) is 5.15 Å². The number of para-hydroxylation sites is 1. The number of carbonyl (C=O) groups excluding carboxylic acids is 1. The van der Waals surface area contributed by atoms with Gasteiger partial charge in [0.2, 0.25) is 0 Å². The number of nitrogens with one attached hydrogen (secondary N) is 2. The summed E-state index contributed by atoms with van der Waals surface area (Å²) in [5.74, 6) is -0.276. The monoisotopic (exact) mass is 406 g/mol. The van der Waals surface area contributed by atoms with Crippen LogP contribution in [0.4, 0.5) is 18.9 Å². The molecule has 1 aliphatic rings. The van der Waals surface area contributed by atoms with E-state index in [1.807, 2.05) is 0 Å². The van der Waals surface area contributed by atoms with Gasteiger partial charge in [-0.15, -0.1) is 0 Å². The Morgan fingerprint density at radius 1 is 1.11 bits per heavy atom. The minimum atomic E-state index is -4.48. The van der Waals surface area contributed by atoms with Crippen molar-refractivity contribution in [2.75, 3.05) is 5.32 Å². The van der Waals surface area contributed by atoms with Crippen molar-refractivity contribution >= 4 is 23.2 Å². The molecule has 28 heavy (non-hydrogen) atoms. The van der Waals surface area contributed by atoms with Gasteiger partial charge in [-0.1, -0.05) is 29.8 Å². The second-order valence-corrected chi connectivity index (χ2v) is 6.70. The minimum Gasteiger partial charge on any atom is -0.361 e. The number of benzene rings is 2. The van der Waals surface area contributed by atoms with Gasteiger partial charge in [-0.25, -0.2) is 4.68 Å². The van der Waals surface area contributed by atoms with E-state index < -0.39 is 17.9 Å². The van der Waals surface area contributed by atoms with E-state index in [1.54, 1.807) is 31.2 Å². The van der Waals surface area contributed by atoms with Gasteiger partial charge in [-0.3, -0.25) is 4.79 Å². The van der Waals surface area contributed by atoms with Crippen LogP contribution in [0.25, 0.3) is 5.69 Å². The fraction of sp³-hybridized carbons (Fsp3) is 0.158.